The molecule has 2 aromatic heterocycles. The number of nitrogens with zero attached hydrogens (tertiary/aromatic N) is 2. The van der Waals surface area contributed by atoms with Crippen molar-refractivity contribution in [2.24, 2.45) is 5.84 Å². The fraction of sp³-hybridized carbons (Fsp3) is 0.364. The van der Waals surface area contributed by atoms with E-state index in [1.807, 2.05) is 23.1 Å². The van der Waals surface area contributed by atoms with Crippen molar-refractivity contribution in [1.29, 1.82) is 0 Å². The maximum absolute atomic E-state index is 5.69. The summed E-state index contributed by atoms with van der Waals surface area (Å²) >= 11 is 5.22. The van der Waals surface area contributed by atoms with Crippen LogP contribution in [0, 0.1) is 6.92 Å². The lowest BCUT2D eigenvalue weighted by Crippen LogP contribution is -2.30. The molecule has 1 unspecified atom stereocenters. The number of hydrogen-bond acceptors (Lipinski definition) is 4. The molecular weight excluding hydrogens is 300 g/mol. The second-order valence-corrected chi connectivity index (χ2v) is 5.56. The molecule has 92 valence electrons. The van der Waals surface area contributed by atoms with Gasteiger partial charge in [0.2, 0.25) is 0 Å². The SMILES string of the molecule is CCn1nc(C)cc1C(NN)c1sccc1Br. The molecule has 0 saturated carbocycles. The van der Waals surface area contributed by atoms with Crippen molar-refractivity contribution in [3.05, 3.63) is 38.3 Å². The summed E-state index contributed by atoms with van der Waals surface area (Å²) in [5, 5.41) is 6.49. The number of nitrogens with one attached hydrogen (secondary N) is 1. The summed E-state index contributed by atoms with van der Waals surface area (Å²) in [5.41, 5.74) is 4.97. The molecule has 4 nitrogen and oxygen atoms in total. The molecule has 0 aliphatic carbocycles. The molecule has 2 heterocycles. The molecule has 2 aromatic rings. The molecule has 3 N–H and O–H groups in total. The zero-order valence-corrected chi connectivity index (χ0v) is 12.2. The highest BCUT2D eigenvalue weighted by Gasteiger charge is 2.20. The molecule has 17 heavy (non-hydrogen) atoms. The highest BCUT2D eigenvalue weighted by Crippen LogP contribution is 2.32. The molecule has 0 radical (unpaired) electrons. The Balaban J connectivity index is 2.45. The zero-order chi connectivity index (χ0) is 12.4. The topological polar surface area (TPSA) is 55.9 Å². The quantitative estimate of drug-likeness (QED) is 0.673. The number of aryl methyl sites for hydroxylation is 2. The van der Waals surface area contributed by atoms with Crippen LogP contribution >= 0.6 is 27.3 Å². The van der Waals surface area contributed by atoms with Gasteiger partial charge in [0.25, 0.3) is 0 Å². The maximum atomic E-state index is 5.69. The van der Waals surface area contributed by atoms with Crippen LogP contribution in [-0.4, -0.2) is 9.78 Å². The lowest BCUT2D eigenvalue weighted by molar-refractivity contribution is 0.546. The third-order valence-corrected chi connectivity index (χ3v) is 4.54. The average Bonchev–Trinajstić information content (AvgIpc) is 2.88. The van der Waals surface area contributed by atoms with Gasteiger partial charge in [-0.05, 0) is 47.3 Å². The van der Waals surface area contributed by atoms with Crippen molar-refractivity contribution in [2.45, 2.75) is 26.4 Å². The van der Waals surface area contributed by atoms with Crippen LogP contribution in [0.5, 0.6) is 0 Å². The summed E-state index contributed by atoms with van der Waals surface area (Å²) in [5.74, 6) is 5.69. The van der Waals surface area contributed by atoms with E-state index in [9.17, 15) is 0 Å². The molecule has 0 spiro atoms. The molecule has 2 rings (SSSR count). The number of aromatic nitrogens is 2. The van der Waals surface area contributed by atoms with Crippen LogP contribution in [0.4, 0.5) is 0 Å². The molecule has 0 aliphatic heterocycles. The van der Waals surface area contributed by atoms with E-state index >= 15 is 0 Å². The fourth-order valence-electron chi connectivity index (χ4n) is 1.86. The van der Waals surface area contributed by atoms with E-state index in [2.05, 4.69) is 39.4 Å². The summed E-state index contributed by atoms with van der Waals surface area (Å²) < 4.78 is 3.05. The number of thiophene rings is 1. The van der Waals surface area contributed by atoms with Gasteiger partial charge in [0, 0.05) is 15.9 Å². The lowest BCUT2D eigenvalue weighted by atomic mass is 10.1. The van der Waals surface area contributed by atoms with Crippen molar-refractivity contribution < 1.29 is 0 Å². The number of hydrazine groups is 1. The molecule has 0 fully saturated rings. The van der Waals surface area contributed by atoms with Crippen molar-refractivity contribution in [2.75, 3.05) is 0 Å². The third-order valence-electron chi connectivity index (χ3n) is 2.60. The van der Waals surface area contributed by atoms with Crippen LogP contribution in [0.25, 0.3) is 0 Å². The van der Waals surface area contributed by atoms with Crippen molar-refractivity contribution in [3.8, 4) is 0 Å². The Morgan fingerprint density at radius 2 is 2.41 bits per heavy atom. The Morgan fingerprint density at radius 1 is 1.65 bits per heavy atom. The molecule has 1 atom stereocenters. The largest absolute Gasteiger partial charge is 0.270 e. The first kappa shape index (κ1) is 12.8. The van der Waals surface area contributed by atoms with E-state index in [1.54, 1.807) is 11.3 Å². The van der Waals surface area contributed by atoms with Gasteiger partial charge in [-0.1, -0.05) is 0 Å². The summed E-state index contributed by atoms with van der Waals surface area (Å²) in [7, 11) is 0. The summed E-state index contributed by atoms with van der Waals surface area (Å²) in [6.45, 7) is 4.91. The minimum absolute atomic E-state index is 0.0227. The lowest BCUT2D eigenvalue weighted by Gasteiger charge is -2.16. The highest BCUT2D eigenvalue weighted by atomic mass is 79.9. The average molecular weight is 315 g/mol. The molecule has 0 saturated heterocycles. The number of nitrogens with two attached hydrogens (primary N) is 1. The van der Waals surface area contributed by atoms with Gasteiger partial charge in [0.1, 0.15) is 0 Å². The molecule has 0 aromatic carbocycles. The van der Waals surface area contributed by atoms with E-state index < -0.39 is 0 Å². The highest BCUT2D eigenvalue weighted by molar-refractivity contribution is 9.10. The van der Waals surface area contributed by atoms with E-state index in [-0.39, 0.29) is 6.04 Å². The second kappa shape index (κ2) is 5.30. The van der Waals surface area contributed by atoms with Gasteiger partial charge >= 0.3 is 0 Å². The third kappa shape index (κ3) is 2.44. The zero-order valence-electron chi connectivity index (χ0n) is 9.77. The van der Waals surface area contributed by atoms with Crippen LogP contribution < -0.4 is 11.3 Å². The number of hydrogen-bond donors (Lipinski definition) is 2. The molecule has 0 amide bonds. The minimum Gasteiger partial charge on any atom is -0.270 e. The molecule has 0 bridgehead atoms. The Bertz CT molecular complexity index is 505. The van der Waals surface area contributed by atoms with Gasteiger partial charge < -0.3 is 0 Å². The van der Waals surface area contributed by atoms with Crippen molar-refractivity contribution >= 4 is 27.3 Å². The first-order valence-corrected chi connectivity index (χ1v) is 7.08. The van der Waals surface area contributed by atoms with Gasteiger partial charge in [-0.2, -0.15) is 5.10 Å². The van der Waals surface area contributed by atoms with Gasteiger partial charge in [-0.3, -0.25) is 10.5 Å². The Labute approximate surface area is 113 Å². The van der Waals surface area contributed by atoms with E-state index in [0.29, 0.717) is 0 Å². The van der Waals surface area contributed by atoms with Crippen LogP contribution in [0.2, 0.25) is 0 Å². The summed E-state index contributed by atoms with van der Waals surface area (Å²) in [6.07, 6.45) is 0. The maximum Gasteiger partial charge on any atom is 0.0981 e. The Morgan fingerprint density at radius 3 is 2.94 bits per heavy atom. The first-order chi connectivity index (χ1) is 8.17. The smallest absolute Gasteiger partial charge is 0.0981 e. The van der Waals surface area contributed by atoms with E-state index in [4.69, 9.17) is 5.84 Å². The number of halogens is 1. The Hall–Kier alpha value is -0.690. The standard InChI is InChI=1S/C11H15BrN4S/c1-3-16-9(6-7(2)15-16)10(14-13)11-8(12)4-5-17-11/h4-6,10,14H,3,13H2,1-2H3. The normalized spacial score (nSPS) is 12.9. The molecule has 0 aliphatic rings. The minimum atomic E-state index is -0.0227. The fourth-order valence-corrected chi connectivity index (χ4v) is 3.53. The number of rotatable bonds is 4. The van der Waals surface area contributed by atoms with Crippen molar-refractivity contribution in [3.63, 3.8) is 0 Å². The Kier molecular flexibility index (Phi) is 3.98. The molecule has 6 heteroatoms. The first-order valence-electron chi connectivity index (χ1n) is 5.40. The predicted molar refractivity (Wildman–Crippen MR) is 73.8 cm³/mol. The van der Waals surface area contributed by atoms with E-state index in [0.717, 1.165) is 22.4 Å². The van der Waals surface area contributed by atoms with Gasteiger partial charge in [-0.15, -0.1) is 11.3 Å². The van der Waals surface area contributed by atoms with Crippen molar-refractivity contribution in [1.82, 2.24) is 15.2 Å². The predicted octanol–water partition coefficient (Wildman–Crippen LogP) is 2.59. The van der Waals surface area contributed by atoms with Crippen LogP contribution in [-0.2, 0) is 6.54 Å². The van der Waals surface area contributed by atoms with Crippen LogP contribution in [0.1, 0.15) is 29.2 Å². The van der Waals surface area contributed by atoms with Gasteiger partial charge in [0.15, 0.2) is 0 Å². The van der Waals surface area contributed by atoms with Gasteiger partial charge in [0.05, 0.1) is 17.4 Å². The summed E-state index contributed by atoms with van der Waals surface area (Å²) in [6, 6.07) is 4.08. The van der Waals surface area contributed by atoms with Gasteiger partial charge in [-0.25, -0.2) is 5.43 Å². The summed E-state index contributed by atoms with van der Waals surface area (Å²) in [4.78, 5) is 1.17. The van der Waals surface area contributed by atoms with Crippen LogP contribution in [0.3, 0.4) is 0 Å². The second-order valence-electron chi connectivity index (χ2n) is 3.76. The van der Waals surface area contributed by atoms with Crippen LogP contribution in [0.15, 0.2) is 22.0 Å². The molecular formula is C11H15BrN4S. The monoisotopic (exact) mass is 314 g/mol. The van der Waals surface area contributed by atoms with E-state index in [1.165, 1.54) is 4.88 Å².